The lowest BCUT2D eigenvalue weighted by molar-refractivity contribution is 0.0597. The van der Waals surface area contributed by atoms with E-state index in [-0.39, 0.29) is 29.1 Å². The van der Waals surface area contributed by atoms with Gasteiger partial charge in [-0.3, -0.25) is 0 Å². The minimum absolute atomic E-state index is 0.0460. The number of aromatic nitrogens is 2. The van der Waals surface area contributed by atoms with Crippen LogP contribution in [0.15, 0.2) is 29.4 Å². The molecule has 0 unspecified atom stereocenters. The predicted octanol–water partition coefficient (Wildman–Crippen LogP) is 3.22. The fourth-order valence-electron chi connectivity index (χ4n) is 2.25. The summed E-state index contributed by atoms with van der Waals surface area (Å²) in [5.41, 5.74) is 1.19. The van der Waals surface area contributed by atoms with Crippen LogP contribution in [0, 0.1) is 0 Å². The van der Waals surface area contributed by atoms with Crippen molar-refractivity contribution in [1.29, 1.82) is 0 Å². The Hall–Kier alpha value is -3.36. The van der Waals surface area contributed by atoms with Gasteiger partial charge in [-0.25, -0.2) is 4.79 Å². The fourth-order valence-corrected chi connectivity index (χ4v) is 2.25. The Bertz CT molecular complexity index is 831. The summed E-state index contributed by atoms with van der Waals surface area (Å²) < 4.78 is 20.9. The van der Waals surface area contributed by atoms with Crippen molar-refractivity contribution in [2.75, 3.05) is 27.9 Å². The number of ether oxygens (including phenoxy) is 4. The minimum atomic E-state index is -0.592. The average molecular weight is 389 g/mol. The van der Waals surface area contributed by atoms with Crippen molar-refractivity contribution in [2.45, 2.75) is 20.3 Å². The van der Waals surface area contributed by atoms with Gasteiger partial charge in [0.05, 0.1) is 33.1 Å². The highest BCUT2D eigenvalue weighted by Crippen LogP contribution is 2.29. The van der Waals surface area contributed by atoms with Gasteiger partial charge in [0, 0.05) is 5.56 Å². The van der Waals surface area contributed by atoms with Gasteiger partial charge >= 0.3 is 12.0 Å². The summed E-state index contributed by atoms with van der Waals surface area (Å²) in [7, 11) is 4.21. The van der Waals surface area contributed by atoms with E-state index in [0.717, 1.165) is 6.42 Å². The first-order valence-electron chi connectivity index (χ1n) is 8.57. The van der Waals surface area contributed by atoms with Crippen LogP contribution in [0.2, 0.25) is 0 Å². The van der Waals surface area contributed by atoms with Gasteiger partial charge in [0.1, 0.15) is 17.9 Å². The van der Waals surface area contributed by atoms with Crippen LogP contribution in [0.1, 0.15) is 36.2 Å². The third-order valence-corrected chi connectivity index (χ3v) is 3.58. The van der Waals surface area contributed by atoms with Crippen LogP contribution in [-0.4, -0.2) is 49.6 Å². The van der Waals surface area contributed by atoms with Gasteiger partial charge in [0.25, 0.3) is 0 Å². The first-order valence-corrected chi connectivity index (χ1v) is 8.57. The molecule has 0 atom stereocenters. The topological polar surface area (TPSA) is 101 Å². The molecule has 2 rings (SSSR count). The number of carbonyl (C=O) groups excluding carboxylic acids is 1. The summed E-state index contributed by atoms with van der Waals surface area (Å²) in [5.74, 6) is 0.113. The summed E-state index contributed by atoms with van der Waals surface area (Å²) in [5, 5.41) is 4.05. The molecule has 0 amide bonds. The number of hydrogen-bond donors (Lipinski definition) is 0. The highest BCUT2D eigenvalue weighted by atomic mass is 16.6. The van der Waals surface area contributed by atoms with Gasteiger partial charge in [-0.05, 0) is 19.4 Å². The maximum Gasteiger partial charge on any atom is 0.342 e. The van der Waals surface area contributed by atoms with E-state index >= 15 is 0 Å². The molecule has 9 heteroatoms. The van der Waals surface area contributed by atoms with Crippen LogP contribution in [0.5, 0.6) is 23.5 Å². The number of oxime groups is 1. The fraction of sp³-hybridized carbons (Fsp3) is 0.368. The Labute approximate surface area is 163 Å². The molecule has 1 heterocycles. The van der Waals surface area contributed by atoms with Crippen molar-refractivity contribution >= 4 is 11.7 Å². The molecule has 1 aromatic heterocycles. The van der Waals surface area contributed by atoms with E-state index in [1.54, 1.807) is 25.1 Å². The quantitative estimate of drug-likeness (QED) is 0.279. The Kier molecular flexibility index (Phi) is 7.55. The first kappa shape index (κ1) is 20.9. The lowest BCUT2D eigenvalue weighted by Crippen LogP contribution is -2.12. The van der Waals surface area contributed by atoms with Crippen LogP contribution in [-0.2, 0) is 9.57 Å². The number of hydrogen-bond acceptors (Lipinski definition) is 9. The Morgan fingerprint density at radius 1 is 1.11 bits per heavy atom. The molecule has 0 aliphatic carbocycles. The molecule has 28 heavy (non-hydrogen) atoms. The lowest BCUT2D eigenvalue weighted by atomic mass is 10.0. The molecule has 0 saturated carbocycles. The number of esters is 1. The highest BCUT2D eigenvalue weighted by molar-refractivity contribution is 6.09. The highest BCUT2D eigenvalue weighted by Gasteiger charge is 2.22. The number of benzene rings is 1. The van der Waals surface area contributed by atoms with Crippen LogP contribution < -0.4 is 14.2 Å². The molecule has 0 aliphatic heterocycles. The molecule has 9 nitrogen and oxygen atoms in total. The summed E-state index contributed by atoms with van der Waals surface area (Å²) in [6, 6.07) is 6.50. The van der Waals surface area contributed by atoms with E-state index < -0.39 is 5.97 Å². The van der Waals surface area contributed by atoms with Gasteiger partial charge in [-0.15, -0.1) is 0 Å². The predicted molar refractivity (Wildman–Crippen MR) is 101 cm³/mol. The van der Waals surface area contributed by atoms with E-state index in [1.165, 1.54) is 27.4 Å². The van der Waals surface area contributed by atoms with Gasteiger partial charge in [-0.1, -0.05) is 24.2 Å². The SMILES string of the molecule is CCCO/N=C(\C)c1cccc(Oc2nc(OC)cc(OC)n2)c1C(=O)OC. The second-order valence-electron chi connectivity index (χ2n) is 5.52. The Balaban J connectivity index is 2.48. The number of methoxy groups -OCH3 is 3. The minimum Gasteiger partial charge on any atom is -0.481 e. The van der Waals surface area contributed by atoms with Crippen LogP contribution in [0.3, 0.4) is 0 Å². The third-order valence-electron chi connectivity index (χ3n) is 3.58. The van der Waals surface area contributed by atoms with Crippen molar-refractivity contribution < 1.29 is 28.6 Å². The molecule has 0 spiro atoms. The van der Waals surface area contributed by atoms with E-state index in [9.17, 15) is 4.79 Å². The maximum atomic E-state index is 12.4. The molecule has 0 radical (unpaired) electrons. The molecular weight excluding hydrogens is 366 g/mol. The smallest absolute Gasteiger partial charge is 0.342 e. The first-order chi connectivity index (χ1) is 13.5. The third kappa shape index (κ3) is 5.09. The van der Waals surface area contributed by atoms with Crippen molar-refractivity contribution in [1.82, 2.24) is 9.97 Å². The van der Waals surface area contributed by atoms with Crippen molar-refractivity contribution in [3.63, 3.8) is 0 Å². The van der Waals surface area contributed by atoms with Crippen LogP contribution >= 0.6 is 0 Å². The molecule has 0 bridgehead atoms. The molecule has 0 aliphatic rings. The molecule has 0 fully saturated rings. The standard InChI is InChI=1S/C19H23N3O6/c1-6-10-27-22-12(2)13-8-7-9-14(17(13)18(23)26-5)28-19-20-15(24-3)11-16(21-19)25-4/h7-9,11H,6,10H2,1-5H3/b22-12+. The molecule has 2 aromatic rings. The normalized spacial score (nSPS) is 11.0. The summed E-state index contributed by atoms with van der Waals surface area (Å²) in [4.78, 5) is 25.9. The monoisotopic (exact) mass is 389 g/mol. The maximum absolute atomic E-state index is 12.4. The van der Waals surface area contributed by atoms with E-state index in [0.29, 0.717) is 17.9 Å². The molecule has 0 saturated heterocycles. The van der Waals surface area contributed by atoms with Crippen molar-refractivity contribution in [3.05, 3.63) is 35.4 Å². The largest absolute Gasteiger partial charge is 0.481 e. The molecular formula is C19H23N3O6. The second-order valence-corrected chi connectivity index (χ2v) is 5.52. The van der Waals surface area contributed by atoms with Crippen molar-refractivity contribution in [2.24, 2.45) is 5.16 Å². The number of carbonyl (C=O) groups is 1. The van der Waals surface area contributed by atoms with Crippen LogP contribution in [0.25, 0.3) is 0 Å². The van der Waals surface area contributed by atoms with Gasteiger partial charge < -0.3 is 23.8 Å². The summed E-state index contributed by atoms with van der Waals surface area (Å²) >= 11 is 0. The zero-order valence-corrected chi connectivity index (χ0v) is 16.5. The lowest BCUT2D eigenvalue weighted by Gasteiger charge is -2.13. The summed E-state index contributed by atoms with van der Waals surface area (Å²) in [6.07, 6.45) is 0.818. The Morgan fingerprint density at radius 3 is 2.36 bits per heavy atom. The van der Waals surface area contributed by atoms with Gasteiger partial charge in [0.15, 0.2) is 0 Å². The van der Waals surface area contributed by atoms with E-state index in [2.05, 4.69) is 15.1 Å². The van der Waals surface area contributed by atoms with Gasteiger partial charge in [-0.2, -0.15) is 9.97 Å². The molecule has 1 aromatic carbocycles. The number of rotatable bonds is 9. The van der Waals surface area contributed by atoms with E-state index in [1.807, 2.05) is 6.92 Å². The number of nitrogens with zero attached hydrogens (tertiary/aromatic N) is 3. The molecule has 150 valence electrons. The van der Waals surface area contributed by atoms with Crippen molar-refractivity contribution in [3.8, 4) is 23.5 Å². The average Bonchev–Trinajstić information content (AvgIpc) is 2.72. The Morgan fingerprint density at radius 2 is 1.79 bits per heavy atom. The molecule has 0 N–H and O–H groups in total. The zero-order chi connectivity index (χ0) is 20.5. The zero-order valence-electron chi connectivity index (χ0n) is 16.5. The van der Waals surface area contributed by atoms with Crippen LogP contribution in [0.4, 0.5) is 0 Å². The summed E-state index contributed by atoms with van der Waals surface area (Å²) in [6.45, 7) is 4.17. The van der Waals surface area contributed by atoms with E-state index in [4.69, 9.17) is 23.8 Å². The van der Waals surface area contributed by atoms with Gasteiger partial charge in [0.2, 0.25) is 11.8 Å². The second kappa shape index (κ2) is 10.1.